The average molecular weight is 213 g/mol. The number of alkyl halides is 1. The fraction of sp³-hybridized carbons (Fsp3) is 0.929. The van der Waals surface area contributed by atoms with E-state index in [1.54, 1.807) is 0 Å². The summed E-state index contributed by atoms with van der Waals surface area (Å²) in [6.07, 6.45) is 7.88. The molecule has 15 heavy (non-hydrogen) atoms. The molecule has 1 aliphatic rings. The molecule has 2 unspecified atom stereocenters. The molecular weight excluding hydrogens is 187 g/mol. The predicted octanol–water partition coefficient (Wildman–Crippen LogP) is 4.79. The van der Waals surface area contributed by atoms with E-state index in [1.807, 2.05) is 0 Å². The smallest absolute Gasteiger partial charge is 0.100 e. The molecule has 0 aromatic carbocycles. The lowest BCUT2D eigenvalue weighted by molar-refractivity contribution is 0.179. The van der Waals surface area contributed by atoms with Crippen molar-refractivity contribution in [3.8, 4) is 0 Å². The van der Waals surface area contributed by atoms with Crippen molar-refractivity contribution in [1.29, 1.82) is 0 Å². The van der Waals surface area contributed by atoms with Crippen molar-refractivity contribution in [3.63, 3.8) is 0 Å². The Hall–Kier alpha value is -0.0700. The van der Waals surface area contributed by atoms with Gasteiger partial charge in [0.05, 0.1) is 0 Å². The second-order valence-electron chi connectivity index (χ2n) is 5.38. The van der Waals surface area contributed by atoms with E-state index >= 15 is 0 Å². The first-order chi connectivity index (χ1) is 7.13. The Morgan fingerprint density at radius 2 is 1.87 bits per heavy atom. The van der Waals surface area contributed by atoms with E-state index in [0.717, 1.165) is 11.8 Å². The van der Waals surface area contributed by atoms with Crippen molar-refractivity contribution in [1.82, 2.24) is 0 Å². The highest BCUT2D eigenvalue weighted by Gasteiger charge is 2.25. The zero-order chi connectivity index (χ0) is 11.3. The standard InChI is InChI=1S/C14H26F/c1-4-5-13-6-8-14(9-7-13)11(2)10-12(3)15/h11-14H,3-10H2,1-2H3/t11?,12?,13-,14-. The number of hydrogen-bond acceptors (Lipinski definition) is 0. The van der Waals surface area contributed by atoms with Gasteiger partial charge in [-0.2, -0.15) is 0 Å². The molecule has 89 valence electrons. The molecule has 0 aromatic rings. The van der Waals surface area contributed by atoms with Crippen LogP contribution in [0.5, 0.6) is 0 Å². The maximum atomic E-state index is 12.8. The third-order valence-electron chi connectivity index (χ3n) is 4.02. The van der Waals surface area contributed by atoms with Gasteiger partial charge in [0.2, 0.25) is 0 Å². The quantitative estimate of drug-likeness (QED) is 0.616. The van der Waals surface area contributed by atoms with Gasteiger partial charge < -0.3 is 0 Å². The van der Waals surface area contributed by atoms with Gasteiger partial charge in [-0.25, -0.2) is 4.39 Å². The van der Waals surface area contributed by atoms with Crippen LogP contribution in [0.25, 0.3) is 0 Å². The molecular formula is C14H26F. The van der Waals surface area contributed by atoms with Crippen LogP contribution in [0, 0.1) is 24.7 Å². The second-order valence-corrected chi connectivity index (χ2v) is 5.38. The fourth-order valence-corrected chi connectivity index (χ4v) is 3.05. The Labute approximate surface area is 94.6 Å². The number of halogens is 1. The van der Waals surface area contributed by atoms with Gasteiger partial charge in [0.1, 0.15) is 6.17 Å². The summed E-state index contributed by atoms with van der Waals surface area (Å²) in [6.45, 7) is 7.92. The Bertz CT molecular complexity index is 157. The van der Waals surface area contributed by atoms with Gasteiger partial charge in [0.15, 0.2) is 0 Å². The lowest BCUT2D eigenvalue weighted by atomic mass is 9.74. The molecule has 1 heteroatoms. The first-order valence-corrected chi connectivity index (χ1v) is 6.60. The van der Waals surface area contributed by atoms with E-state index in [9.17, 15) is 4.39 Å². The molecule has 0 heterocycles. The maximum Gasteiger partial charge on any atom is 0.100 e. The van der Waals surface area contributed by atoms with Crippen LogP contribution in [0.1, 0.15) is 58.8 Å². The van der Waals surface area contributed by atoms with Crippen LogP contribution in [0.2, 0.25) is 0 Å². The second kappa shape index (κ2) is 6.50. The Morgan fingerprint density at radius 3 is 2.33 bits per heavy atom. The van der Waals surface area contributed by atoms with Crippen LogP contribution in [-0.2, 0) is 0 Å². The molecule has 0 saturated heterocycles. The first-order valence-electron chi connectivity index (χ1n) is 6.60. The average Bonchev–Trinajstić information content (AvgIpc) is 2.18. The zero-order valence-corrected chi connectivity index (χ0v) is 10.3. The molecule has 2 atom stereocenters. The van der Waals surface area contributed by atoms with Crippen molar-refractivity contribution in [2.75, 3.05) is 0 Å². The van der Waals surface area contributed by atoms with Gasteiger partial charge >= 0.3 is 0 Å². The highest BCUT2D eigenvalue weighted by molar-refractivity contribution is 4.77. The molecule has 0 bridgehead atoms. The summed E-state index contributed by atoms with van der Waals surface area (Å²) in [4.78, 5) is 0. The van der Waals surface area contributed by atoms with Crippen molar-refractivity contribution in [3.05, 3.63) is 6.92 Å². The van der Waals surface area contributed by atoms with E-state index < -0.39 is 6.17 Å². The molecule has 1 radical (unpaired) electrons. The van der Waals surface area contributed by atoms with Gasteiger partial charge in [0.25, 0.3) is 0 Å². The predicted molar refractivity (Wildman–Crippen MR) is 64.4 cm³/mol. The molecule has 1 saturated carbocycles. The van der Waals surface area contributed by atoms with Crippen LogP contribution in [-0.4, -0.2) is 6.17 Å². The van der Waals surface area contributed by atoms with E-state index in [4.69, 9.17) is 0 Å². The summed E-state index contributed by atoms with van der Waals surface area (Å²) in [5.74, 6) is 2.25. The normalized spacial score (nSPS) is 31.2. The fourth-order valence-electron chi connectivity index (χ4n) is 3.05. The SMILES string of the molecule is [CH2]C(F)CC(C)[C@H]1CC[C@H](CCC)CC1. The third-order valence-corrected chi connectivity index (χ3v) is 4.02. The summed E-state index contributed by atoms with van der Waals surface area (Å²) < 4.78 is 12.8. The first kappa shape index (κ1) is 13.0. The minimum Gasteiger partial charge on any atom is -0.247 e. The Kier molecular flexibility index (Phi) is 5.63. The molecule has 0 amide bonds. The molecule has 0 aliphatic heterocycles. The van der Waals surface area contributed by atoms with Gasteiger partial charge in [-0.15, -0.1) is 0 Å². The molecule has 1 fully saturated rings. The van der Waals surface area contributed by atoms with Crippen molar-refractivity contribution in [2.24, 2.45) is 17.8 Å². The van der Waals surface area contributed by atoms with Crippen LogP contribution >= 0.6 is 0 Å². The van der Waals surface area contributed by atoms with E-state index in [1.165, 1.54) is 38.5 Å². The Morgan fingerprint density at radius 1 is 1.27 bits per heavy atom. The van der Waals surface area contributed by atoms with E-state index in [0.29, 0.717) is 12.3 Å². The largest absolute Gasteiger partial charge is 0.247 e. The minimum atomic E-state index is -0.867. The highest BCUT2D eigenvalue weighted by Crippen LogP contribution is 2.36. The van der Waals surface area contributed by atoms with Gasteiger partial charge in [-0.1, -0.05) is 39.5 Å². The summed E-state index contributed by atoms with van der Waals surface area (Å²) in [7, 11) is 0. The third kappa shape index (κ3) is 4.53. The monoisotopic (exact) mass is 213 g/mol. The van der Waals surface area contributed by atoms with Gasteiger partial charge in [0, 0.05) is 0 Å². The lowest BCUT2D eigenvalue weighted by Crippen LogP contribution is -2.21. The number of hydrogen-bond donors (Lipinski definition) is 0. The van der Waals surface area contributed by atoms with Crippen LogP contribution in [0.4, 0.5) is 4.39 Å². The maximum absolute atomic E-state index is 12.8. The van der Waals surface area contributed by atoms with Crippen molar-refractivity contribution < 1.29 is 4.39 Å². The molecule has 0 N–H and O–H groups in total. The molecule has 1 aliphatic carbocycles. The molecule has 1 rings (SSSR count). The summed E-state index contributed by atoms with van der Waals surface area (Å²) >= 11 is 0. The van der Waals surface area contributed by atoms with Crippen molar-refractivity contribution in [2.45, 2.75) is 65.0 Å². The Balaban J connectivity index is 2.24. The van der Waals surface area contributed by atoms with E-state index in [-0.39, 0.29) is 0 Å². The zero-order valence-electron chi connectivity index (χ0n) is 10.3. The lowest BCUT2D eigenvalue weighted by Gasteiger charge is -2.32. The van der Waals surface area contributed by atoms with Crippen LogP contribution < -0.4 is 0 Å². The molecule has 0 nitrogen and oxygen atoms in total. The topological polar surface area (TPSA) is 0 Å². The van der Waals surface area contributed by atoms with Crippen molar-refractivity contribution >= 4 is 0 Å². The number of rotatable bonds is 5. The van der Waals surface area contributed by atoms with Crippen LogP contribution in [0.3, 0.4) is 0 Å². The molecule has 0 aromatic heterocycles. The van der Waals surface area contributed by atoms with E-state index in [2.05, 4.69) is 20.8 Å². The summed E-state index contributed by atoms with van der Waals surface area (Å²) in [5.41, 5.74) is 0. The summed E-state index contributed by atoms with van der Waals surface area (Å²) in [5, 5.41) is 0. The highest BCUT2D eigenvalue weighted by atomic mass is 19.1. The molecule has 0 spiro atoms. The van der Waals surface area contributed by atoms with Gasteiger partial charge in [-0.05, 0) is 43.9 Å². The van der Waals surface area contributed by atoms with Crippen LogP contribution in [0.15, 0.2) is 0 Å². The minimum absolute atomic E-state index is 0.528. The summed E-state index contributed by atoms with van der Waals surface area (Å²) in [6, 6.07) is 0. The van der Waals surface area contributed by atoms with Gasteiger partial charge in [-0.3, -0.25) is 0 Å².